The number of phenolic OH excluding ortho intramolecular Hbond substituents is 1. The molecule has 0 spiro atoms. The van der Waals surface area contributed by atoms with Crippen molar-refractivity contribution >= 4 is 28.9 Å². The molecule has 0 saturated carbocycles. The summed E-state index contributed by atoms with van der Waals surface area (Å²) in [5.41, 5.74) is 0.832. The van der Waals surface area contributed by atoms with E-state index in [0.717, 1.165) is 4.90 Å². The summed E-state index contributed by atoms with van der Waals surface area (Å²) in [6.07, 6.45) is 2.79. The topological polar surface area (TPSA) is 148 Å². The number of hydrogen-bond acceptors (Lipinski definition) is 8. The molecule has 1 aliphatic heterocycles. The number of fused-ring (bicyclic) bond motifs is 1. The third kappa shape index (κ3) is 4.24. The Morgan fingerprint density at radius 1 is 1.23 bits per heavy atom. The highest BCUT2D eigenvalue weighted by molar-refractivity contribution is 6.05. The summed E-state index contributed by atoms with van der Waals surface area (Å²) >= 11 is 0. The summed E-state index contributed by atoms with van der Waals surface area (Å²) in [5.74, 6) is -0.329. The monoisotopic (exact) mass is 421 g/mol. The number of nitro benzene ring substituents is 1. The van der Waals surface area contributed by atoms with Gasteiger partial charge in [0, 0.05) is 17.7 Å². The Morgan fingerprint density at radius 3 is 2.71 bits per heavy atom. The van der Waals surface area contributed by atoms with Gasteiger partial charge in [0.1, 0.15) is 18.0 Å². The first kappa shape index (κ1) is 19.8. The number of nitrogens with zero attached hydrogens (tertiary/aromatic N) is 4. The van der Waals surface area contributed by atoms with Gasteiger partial charge in [-0.3, -0.25) is 24.6 Å². The molecule has 3 aromatic rings. The minimum absolute atomic E-state index is 0.0779. The van der Waals surface area contributed by atoms with E-state index in [1.165, 1.54) is 42.7 Å². The molecular weight excluding hydrogens is 406 g/mol. The Bertz CT molecular complexity index is 1180. The summed E-state index contributed by atoms with van der Waals surface area (Å²) in [5, 5.41) is 23.2. The Hall–Kier alpha value is -4.54. The van der Waals surface area contributed by atoms with Crippen molar-refractivity contribution in [3.63, 3.8) is 0 Å². The van der Waals surface area contributed by atoms with Crippen LogP contribution in [-0.2, 0) is 9.59 Å². The molecule has 0 unspecified atom stereocenters. The van der Waals surface area contributed by atoms with Crippen LogP contribution in [0.2, 0.25) is 0 Å². The van der Waals surface area contributed by atoms with E-state index in [2.05, 4.69) is 15.3 Å². The van der Waals surface area contributed by atoms with Crippen LogP contribution in [0, 0.1) is 10.1 Å². The molecule has 0 radical (unpaired) electrons. The predicted molar refractivity (Wildman–Crippen MR) is 109 cm³/mol. The van der Waals surface area contributed by atoms with Gasteiger partial charge in [0.05, 0.1) is 28.7 Å². The molecule has 4 rings (SSSR count). The molecule has 2 aromatic carbocycles. The van der Waals surface area contributed by atoms with Gasteiger partial charge in [-0.15, -0.1) is 0 Å². The maximum atomic E-state index is 12.5. The molecule has 0 bridgehead atoms. The summed E-state index contributed by atoms with van der Waals surface area (Å²) in [7, 11) is 0. The minimum atomic E-state index is -0.594. The molecule has 11 nitrogen and oxygen atoms in total. The summed E-state index contributed by atoms with van der Waals surface area (Å²) in [6, 6.07) is 10.3. The van der Waals surface area contributed by atoms with Gasteiger partial charge in [-0.1, -0.05) is 12.1 Å². The molecule has 0 atom stereocenters. The van der Waals surface area contributed by atoms with Crippen LogP contribution in [0.25, 0.3) is 11.4 Å². The number of anilines is 2. The molecule has 2 amide bonds. The molecule has 31 heavy (non-hydrogen) atoms. The minimum Gasteiger partial charge on any atom is -0.508 e. The molecule has 2 heterocycles. The number of nitrogens with one attached hydrogen (secondary N) is 1. The second-order valence-electron chi connectivity index (χ2n) is 6.57. The van der Waals surface area contributed by atoms with Crippen molar-refractivity contribution in [2.45, 2.75) is 0 Å². The molecular formula is C20H15N5O6. The normalized spacial score (nSPS) is 12.6. The molecule has 11 heteroatoms. The van der Waals surface area contributed by atoms with Gasteiger partial charge in [0.2, 0.25) is 5.91 Å². The van der Waals surface area contributed by atoms with Crippen LogP contribution < -0.4 is 15.0 Å². The molecule has 0 fully saturated rings. The van der Waals surface area contributed by atoms with E-state index in [-0.39, 0.29) is 36.0 Å². The molecule has 156 valence electrons. The fraction of sp³-hybridized carbons (Fsp3) is 0.100. The van der Waals surface area contributed by atoms with Crippen molar-refractivity contribution < 1.29 is 24.4 Å². The fourth-order valence-electron chi connectivity index (χ4n) is 3.01. The summed E-state index contributed by atoms with van der Waals surface area (Å²) in [4.78, 5) is 44.6. The standard InChI is InChI=1S/C20H15N5O6/c26-15-3-1-2-12(6-15)20-21-8-13(9-22-20)23-18(27)10-24-16-7-14(25(29)30)4-5-17(16)31-11-19(24)28/h1-9,26H,10-11H2,(H,23,27). The van der Waals surface area contributed by atoms with Crippen LogP contribution in [0.15, 0.2) is 54.9 Å². The van der Waals surface area contributed by atoms with E-state index in [0.29, 0.717) is 17.1 Å². The third-order valence-electron chi connectivity index (χ3n) is 4.44. The maximum absolute atomic E-state index is 12.5. The lowest BCUT2D eigenvalue weighted by atomic mass is 10.2. The number of rotatable bonds is 5. The van der Waals surface area contributed by atoms with E-state index in [9.17, 15) is 24.8 Å². The zero-order valence-corrected chi connectivity index (χ0v) is 15.9. The Balaban J connectivity index is 1.48. The first-order valence-electron chi connectivity index (χ1n) is 9.03. The first-order valence-corrected chi connectivity index (χ1v) is 9.03. The molecule has 1 aromatic heterocycles. The van der Waals surface area contributed by atoms with Crippen molar-refractivity contribution in [1.82, 2.24) is 9.97 Å². The van der Waals surface area contributed by atoms with Gasteiger partial charge in [0.25, 0.3) is 11.6 Å². The largest absolute Gasteiger partial charge is 0.508 e. The molecule has 1 aliphatic rings. The third-order valence-corrected chi connectivity index (χ3v) is 4.44. The molecule has 0 aliphatic carbocycles. The van der Waals surface area contributed by atoms with Crippen LogP contribution in [0.1, 0.15) is 0 Å². The van der Waals surface area contributed by atoms with Crippen LogP contribution in [-0.4, -0.2) is 45.0 Å². The van der Waals surface area contributed by atoms with E-state index >= 15 is 0 Å². The van der Waals surface area contributed by atoms with Crippen molar-refractivity contribution in [1.29, 1.82) is 0 Å². The number of aromatic hydroxyl groups is 1. The van der Waals surface area contributed by atoms with Crippen molar-refractivity contribution in [2.24, 2.45) is 0 Å². The number of benzene rings is 2. The van der Waals surface area contributed by atoms with Crippen LogP contribution in [0.3, 0.4) is 0 Å². The van der Waals surface area contributed by atoms with Gasteiger partial charge in [-0.05, 0) is 18.2 Å². The zero-order valence-electron chi connectivity index (χ0n) is 15.9. The van der Waals surface area contributed by atoms with Gasteiger partial charge in [-0.25, -0.2) is 9.97 Å². The number of carbonyl (C=O) groups excluding carboxylic acids is 2. The second kappa shape index (κ2) is 8.06. The Kier molecular flexibility index (Phi) is 5.14. The van der Waals surface area contributed by atoms with E-state index in [1.54, 1.807) is 12.1 Å². The number of carbonyl (C=O) groups is 2. The SMILES string of the molecule is O=C(CN1C(=O)COc2ccc([N+](=O)[O-])cc21)Nc1cnc(-c2cccc(O)c2)nc1. The highest BCUT2D eigenvalue weighted by atomic mass is 16.6. The van der Waals surface area contributed by atoms with Gasteiger partial charge >= 0.3 is 0 Å². The number of phenols is 1. The lowest BCUT2D eigenvalue weighted by molar-refractivity contribution is -0.384. The quantitative estimate of drug-likeness (QED) is 0.470. The number of aromatic nitrogens is 2. The summed E-state index contributed by atoms with van der Waals surface area (Å²) < 4.78 is 5.28. The second-order valence-corrected chi connectivity index (χ2v) is 6.57. The van der Waals surface area contributed by atoms with Gasteiger partial charge in [-0.2, -0.15) is 0 Å². The van der Waals surface area contributed by atoms with Gasteiger partial charge < -0.3 is 15.2 Å². The van der Waals surface area contributed by atoms with Crippen molar-refractivity contribution in [2.75, 3.05) is 23.4 Å². The molecule has 0 saturated heterocycles. The molecule has 2 N–H and O–H groups in total. The van der Waals surface area contributed by atoms with Crippen molar-refractivity contribution in [3.8, 4) is 22.9 Å². The Labute approximate surface area is 175 Å². The average molecular weight is 421 g/mol. The van der Waals surface area contributed by atoms with Crippen LogP contribution in [0.5, 0.6) is 11.5 Å². The number of hydrogen-bond donors (Lipinski definition) is 2. The number of nitro groups is 1. The first-order chi connectivity index (χ1) is 14.9. The smallest absolute Gasteiger partial charge is 0.271 e. The van der Waals surface area contributed by atoms with E-state index < -0.39 is 16.7 Å². The number of ether oxygens (including phenoxy) is 1. The number of non-ortho nitro benzene ring substituents is 1. The zero-order chi connectivity index (χ0) is 22.0. The fourth-order valence-corrected chi connectivity index (χ4v) is 3.01. The average Bonchev–Trinajstić information content (AvgIpc) is 2.76. The van der Waals surface area contributed by atoms with E-state index in [1.807, 2.05) is 0 Å². The highest BCUT2D eigenvalue weighted by Crippen LogP contribution is 2.35. The van der Waals surface area contributed by atoms with Gasteiger partial charge in [0.15, 0.2) is 12.4 Å². The van der Waals surface area contributed by atoms with Crippen LogP contribution >= 0.6 is 0 Å². The lowest BCUT2D eigenvalue weighted by Crippen LogP contribution is -2.43. The van der Waals surface area contributed by atoms with E-state index in [4.69, 9.17) is 4.74 Å². The maximum Gasteiger partial charge on any atom is 0.271 e. The predicted octanol–water partition coefficient (Wildman–Crippen LogP) is 2.12. The van der Waals surface area contributed by atoms with Crippen LogP contribution in [0.4, 0.5) is 17.1 Å². The highest BCUT2D eigenvalue weighted by Gasteiger charge is 2.29. The lowest BCUT2D eigenvalue weighted by Gasteiger charge is -2.28. The van der Waals surface area contributed by atoms with Crippen molar-refractivity contribution in [3.05, 3.63) is 65.0 Å². The number of amides is 2. The Morgan fingerprint density at radius 2 is 2.00 bits per heavy atom. The summed E-state index contributed by atoms with van der Waals surface area (Å²) in [6.45, 7) is -0.648.